The van der Waals surface area contributed by atoms with Crippen LogP contribution in [0.3, 0.4) is 0 Å². The molecule has 0 radical (unpaired) electrons. The Balaban J connectivity index is 0.00000225. The fourth-order valence-corrected chi connectivity index (χ4v) is 3.27. The highest BCUT2D eigenvalue weighted by Gasteiger charge is 2.45. The molecule has 0 atom stereocenters. The van der Waals surface area contributed by atoms with E-state index in [1.165, 1.54) is 0 Å². The number of halogens is 2. The monoisotopic (exact) mass is 424 g/mol. The molecule has 0 spiro atoms. The van der Waals surface area contributed by atoms with Gasteiger partial charge < -0.3 is 15.8 Å². The van der Waals surface area contributed by atoms with Crippen molar-refractivity contribution in [2.75, 3.05) is 18.5 Å². The van der Waals surface area contributed by atoms with Crippen molar-refractivity contribution in [1.29, 1.82) is 0 Å². The Hall–Kier alpha value is -1.56. The molecule has 0 aliphatic heterocycles. The van der Waals surface area contributed by atoms with Crippen LogP contribution in [0.2, 0.25) is 0 Å². The Labute approximate surface area is 162 Å². The molecular formula is C19H22BrClN2O2. The van der Waals surface area contributed by atoms with E-state index < -0.39 is 5.41 Å². The first-order valence-corrected chi connectivity index (χ1v) is 8.94. The Bertz CT molecular complexity index is 700. The molecule has 1 aliphatic rings. The predicted molar refractivity (Wildman–Crippen MR) is 107 cm³/mol. The Morgan fingerprint density at radius 3 is 2.28 bits per heavy atom. The maximum absolute atomic E-state index is 12.9. The van der Waals surface area contributed by atoms with Crippen LogP contribution in [0.4, 0.5) is 5.69 Å². The molecule has 3 N–H and O–H groups in total. The minimum atomic E-state index is -0.407. The Morgan fingerprint density at radius 1 is 1.12 bits per heavy atom. The van der Waals surface area contributed by atoms with Crippen molar-refractivity contribution in [1.82, 2.24) is 0 Å². The number of rotatable bonds is 6. The summed E-state index contributed by atoms with van der Waals surface area (Å²) < 4.78 is 6.48. The largest absolute Gasteiger partial charge is 0.492 e. The Kier molecular flexibility index (Phi) is 6.87. The summed E-state index contributed by atoms with van der Waals surface area (Å²) in [4.78, 5) is 12.9. The van der Waals surface area contributed by atoms with Gasteiger partial charge in [-0.1, -0.05) is 34.5 Å². The summed E-state index contributed by atoms with van der Waals surface area (Å²) in [6.07, 6.45) is 2.85. The predicted octanol–water partition coefficient (Wildman–Crippen LogP) is 4.27. The van der Waals surface area contributed by atoms with Gasteiger partial charge in [0.25, 0.3) is 0 Å². The van der Waals surface area contributed by atoms with Gasteiger partial charge in [0.2, 0.25) is 5.91 Å². The van der Waals surface area contributed by atoms with Gasteiger partial charge >= 0.3 is 0 Å². The van der Waals surface area contributed by atoms with Crippen molar-refractivity contribution < 1.29 is 9.53 Å². The zero-order valence-electron chi connectivity index (χ0n) is 13.8. The highest BCUT2D eigenvalue weighted by molar-refractivity contribution is 9.10. The van der Waals surface area contributed by atoms with E-state index in [1.54, 1.807) is 0 Å². The summed E-state index contributed by atoms with van der Waals surface area (Å²) in [5.74, 6) is 0.816. The van der Waals surface area contributed by atoms with Gasteiger partial charge in [0.15, 0.2) is 0 Å². The number of nitrogens with one attached hydrogen (secondary N) is 1. The van der Waals surface area contributed by atoms with E-state index in [-0.39, 0.29) is 18.3 Å². The van der Waals surface area contributed by atoms with Gasteiger partial charge in [-0.25, -0.2) is 0 Å². The second-order valence-corrected chi connectivity index (χ2v) is 6.97. The third-order valence-electron chi connectivity index (χ3n) is 4.54. The van der Waals surface area contributed by atoms with Crippen LogP contribution in [-0.2, 0) is 10.2 Å². The lowest BCUT2D eigenvalue weighted by atomic mass is 9.64. The summed E-state index contributed by atoms with van der Waals surface area (Å²) in [7, 11) is 0. The zero-order chi connectivity index (χ0) is 17.0. The molecule has 0 heterocycles. The van der Waals surface area contributed by atoms with Gasteiger partial charge in [0, 0.05) is 16.7 Å². The molecule has 2 aromatic rings. The highest BCUT2D eigenvalue weighted by Crippen LogP contribution is 2.44. The summed E-state index contributed by atoms with van der Waals surface area (Å²) >= 11 is 3.45. The highest BCUT2D eigenvalue weighted by atomic mass is 79.9. The molecular weight excluding hydrogens is 404 g/mol. The maximum atomic E-state index is 12.9. The smallest absolute Gasteiger partial charge is 0.235 e. The fraction of sp³-hybridized carbons (Fsp3) is 0.316. The van der Waals surface area contributed by atoms with Crippen molar-refractivity contribution in [2.24, 2.45) is 5.73 Å². The average Bonchev–Trinajstić information content (AvgIpc) is 2.55. The number of benzene rings is 2. The molecule has 6 heteroatoms. The SMILES string of the molecule is Cl.NCCOc1ccc(NC(=O)C2(c3ccc(Br)cc3)CCC2)cc1. The molecule has 3 rings (SSSR count). The van der Waals surface area contributed by atoms with Crippen LogP contribution < -0.4 is 15.8 Å². The number of anilines is 1. The van der Waals surface area contributed by atoms with E-state index in [9.17, 15) is 4.79 Å². The number of hydrogen-bond donors (Lipinski definition) is 2. The van der Waals surface area contributed by atoms with E-state index in [1.807, 2.05) is 48.5 Å². The summed E-state index contributed by atoms with van der Waals surface area (Å²) in [5, 5.41) is 3.05. The van der Waals surface area contributed by atoms with Gasteiger partial charge in [0.1, 0.15) is 12.4 Å². The van der Waals surface area contributed by atoms with E-state index in [0.29, 0.717) is 13.2 Å². The molecule has 1 fully saturated rings. The molecule has 1 saturated carbocycles. The first kappa shape index (κ1) is 19.8. The minimum absolute atomic E-state index is 0. The number of carbonyl (C=O) groups excluding carboxylic acids is 1. The molecule has 1 amide bonds. The molecule has 4 nitrogen and oxygen atoms in total. The quantitative estimate of drug-likeness (QED) is 0.726. The summed E-state index contributed by atoms with van der Waals surface area (Å²) in [5.41, 5.74) is 6.88. The lowest BCUT2D eigenvalue weighted by molar-refractivity contribution is -0.124. The van der Waals surface area contributed by atoms with Gasteiger partial charge in [-0.15, -0.1) is 12.4 Å². The molecule has 0 saturated heterocycles. The van der Waals surface area contributed by atoms with Crippen LogP contribution in [0, 0.1) is 0 Å². The average molecular weight is 426 g/mol. The van der Waals surface area contributed by atoms with Crippen molar-refractivity contribution in [2.45, 2.75) is 24.7 Å². The van der Waals surface area contributed by atoms with Crippen LogP contribution in [0.5, 0.6) is 5.75 Å². The second kappa shape index (κ2) is 8.70. The Morgan fingerprint density at radius 2 is 1.76 bits per heavy atom. The topological polar surface area (TPSA) is 64.3 Å². The van der Waals surface area contributed by atoms with E-state index in [0.717, 1.165) is 40.7 Å². The van der Waals surface area contributed by atoms with Gasteiger partial charge in [-0.05, 0) is 54.8 Å². The summed E-state index contributed by atoms with van der Waals surface area (Å²) in [6.45, 7) is 0.965. The number of ether oxygens (including phenoxy) is 1. The second-order valence-electron chi connectivity index (χ2n) is 6.06. The number of amides is 1. The lowest BCUT2D eigenvalue weighted by Gasteiger charge is -2.40. The van der Waals surface area contributed by atoms with E-state index in [4.69, 9.17) is 10.5 Å². The standard InChI is InChI=1S/C19H21BrN2O2.ClH/c20-15-4-2-14(3-5-15)19(10-1-11-19)18(23)22-16-6-8-17(9-7-16)24-13-12-21;/h2-9H,1,10-13,21H2,(H,22,23);1H. The summed E-state index contributed by atoms with van der Waals surface area (Å²) in [6, 6.07) is 15.5. The normalized spacial score (nSPS) is 14.8. The van der Waals surface area contributed by atoms with Crippen molar-refractivity contribution in [3.8, 4) is 5.75 Å². The first-order valence-electron chi connectivity index (χ1n) is 8.14. The van der Waals surface area contributed by atoms with Gasteiger partial charge in [0.05, 0.1) is 5.41 Å². The first-order chi connectivity index (χ1) is 11.6. The van der Waals surface area contributed by atoms with E-state index >= 15 is 0 Å². The molecule has 0 unspecified atom stereocenters. The molecule has 134 valence electrons. The van der Waals surface area contributed by atoms with Gasteiger partial charge in [-0.3, -0.25) is 4.79 Å². The van der Waals surface area contributed by atoms with Crippen molar-refractivity contribution in [3.63, 3.8) is 0 Å². The number of hydrogen-bond acceptors (Lipinski definition) is 3. The minimum Gasteiger partial charge on any atom is -0.492 e. The van der Waals surface area contributed by atoms with Crippen LogP contribution in [0.1, 0.15) is 24.8 Å². The molecule has 2 aromatic carbocycles. The lowest BCUT2D eigenvalue weighted by Crippen LogP contribution is -2.45. The van der Waals surface area contributed by atoms with Crippen LogP contribution in [-0.4, -0.2) is 19.1 Å². The third-order valence-corrected chi connectivity index (χ3v) is 5.07. The third kappa shape index (κ3) is 4.35. The molecule has 1 aliphatic carbocycles. The zero-order valence-corrected chi connectivity index (χ0v) is 16.2. The van der Waals surface area contributed by atoms with Crippen LogP contribution in [0.15, 0.2) is 53.0 Å². The number of carbonyl (C=O) groups is 1. The van der Waals surface area contributed by atoms with Gasteiger partial charge in [-0.2, -0.15) is 0 Å². The van der Waals surface area contributed by atoms with Crippen molar-refractivity contribution in [3.05, 3.63) is 58.6 Å². The molecule has 0 aromatic heterocycles. The molecule has 25 heavy (non-hydrogen) atoms. The van der Waals surface area contributed by atoms with Crippen LogP contribution >= 0.6 is 28.3 Å². The van der Waals surface area contributed by atoms with E-state index in [2.05, 4.69) is 21.2 Å². The van der Waals surface area contributed by atoms with Crippen molar-refractivity contribution >= 4 is 39.9 Å². The molecule has 0 bridgehead atoms. The fourth-order valence-electron chi connectivity index (χ4n) is 3.01. The number of nitrogens with two attached hydrogens (primary N) is 1. The maximum Gasteiger partial charge on any atom is 0.235 e. The van der Waals surface area contributed by atoms with Crippen LogP contribution in [0.25, 0.3) is 0 Å².